The summed E-state index contributed by atoms with van der Waals surface area (Å²) in [6.45, 7) is 5.19. The first-order valence-corrected chi connectivity index (χ1v) is 6.70. The molecule has 0 fully saturated rings. The highest BCUT2D eigenvalue weighted by atomic mass is 15.2. The van der Waals surface area contributed by atoms with E-state index in [0.29, 0.717) is 0 Å². The molecule has 0 spiro atoms. The van der Waals surface area contributed by atoms with Gasteiger partial charge in [-0.25, -0.2) is 0 Å². The minimum atomic E-state index is 0.100. The molecule has 1 atom stereocenters. The monoisotopic (exact) mass is 249 g/mol. The number of nitrogens with zero attached hydrogens (tertiary/aromatic N) is 2. The lowest BCUT2D eigenvalue weighted by atomic mass is 10.0. The summed E-state index contributed by atoms with van der Waals surface area (Å²) in [5.41, 5.74) is 8.83. The van der Waals surface area contributed by atoms with E-state index in [9.17, 15) is 0 Å². The van der Waals surface area contributed by atoms with Gasteiger partial charge in [-0.05, 0) is 38.7 Å². The van der Waals surface area contributed by atoms with Crippen molar-refractivity contribution in [3.8, 4) is 0 Å². The van der Waals surface area contributed by atoms with Gasteiger partial charge in [0, 0.05) is 25.7 Å². The maximum absolute atomic E-state index is 6.24. The van der Waals surface area contributed by atoms with Gasteiger partial charge in [-0.15, -0.1) is 0 Å². The van der Waals surface area contributed by atoms with E-state index in [1.165, 1.54) is 11.1 Å². The van der Waals surface area contributed by atoms with Crippen molar-refractivity contribution in [2.45, 2.75) is 19.4 Å². The summed E-state index contributed by atoms with van der Waals surface area (Å²) in [5.74, 6) is 0. The number of hydrogen-bond donors (Lipinski definition) is 1. The van der Waals surface area contributed by atoms with Crippen LogP contribution in [0.4, 0.5) is 0 Å². The van der Waals surface area contributed by atoms with Crippen LogP contribution in [0.1, 0.15) is 24.1 Å². The van der Waals surface area contributed by atoms with Crippen LogP contribution in [-0.2, 0) is 6.42 Å². The molecule has 0 saturated carbocycles. The number of benzene rings is 1. The van der Waals surface area contributed by atoms with Crippen molar-refractivity contribution in [1.82, 2.24) is 9.80 Å². The molecule has 1 rings (SSSR count). The molecule has 102 valence electrons. The number of likely N-dealkylation sites (N-methyl/N-ethyl adjacent to an activating group) is 2. The Bertz CT molecular complexity index is 332. The second-order valence-electron chi connectivity index (χ2n) is 5.27. The van der Waals surface area contributed by atoms with Gasteiger partial charge in [0.15, 0.2) is 0 Å². The normalized spacial score (nSPS) is 13.3. The maximum atomic E-state index is 6.24. The van der Waals surface area contributed by atoms with Crippen LogP contribution in [0.15, 0.2) is 24.3 Å². The molecule has 0 aliphatic carbocycles. The molecular weight excluding hydrogens is 222 g/mol. The summed E-state index contributed by atoms with van der Waals surface area (Å²) in [7, 11) is 6.32. The average molecular weight is 249 g/mol. The van der Waals surface area contributed by atoms with E-state index < -0.39 is 0 Å². The highest BCUT2D eigenvalue weighted by Gasteiger charge is 2.09. The van der Waals surface area contributed by atoms with Gasteiger partial charge >= 0.3 is 0 Å². The molecule has 2 N–H and O–H groups in total. The van der Waals surface area contributed by atoms with Crippen LogP contribution in [0, 0.1) is 0 Å². The third-order valence-electron chi connectivity index (χ3n) is 3.25. The highest BCUT2D eigenvalue weighted by molar-refractivity contribution is 5.25. The zero-order chi connectivity index (χ0) is 13.5. The van der Waals surface area contributed by atoms with Crippen molar-refractivity contribution in [2.75, 3.05) is 40.8 Å². The van der Waals surface area contributed by atoms with E-state index in [-0.39, 0.29) is 6.04 Å². The van der Waals surface area contributed by atoms with E-state index in [4.69, 9.17) is 5.73 Å². The Morgan fingerprint density at radius 3 is 2.17 bits per heavy atom. The van der Waals surface area contributed by atoms with Crippen LogP contribution in [0.3, 0.4) is 0 Å². The number of hydrogen-bond acceptors (Lipinski definition) is 3. The topological polar surface area (TPSA) is 32.5 Å². The Kier molecular flexibility index (Phi) is 6.33. The Labute approximate surface area is 112 Å². The fourth-order valence-electron chi connectivity index (χ4n) is 1.90. The molecule has 3 nitrogen and oxygen atoms in total. The SMILES string of the molecule is CCc1ccc(C(N)CN(C)CCN(C)C)cc1. The molecule has 0 aromatic heterocycles. The van der Waals surface area contributed by atoms with Crippen molar-refractivity contribution in [2.24, 2.45) is 5.73 Å². The average Bonchev–Trinajstić information content (AvgIpc) is 2.36. The zero-order valence-corrected chi connectivity index (χ0v) is 12.2. The molecule has 0 radical (unpaired) electrons. The third-order valence-corrected chi connectivity index (χ3v) is 3.25. The fourth-order valence-corrected chi connectivity index (χ4v) is 1.90. The van der Waals surface area contributed by atoms with Crippen LogP contribution in [0.2, 0.25) is 0 Å². The van der Waals surface area contributed by atoms with Crippen molar-refractivity contribution in [1.29, 1.82) is 0 Å². The summed E-state index contributed by atoms with van der Waals surface area (Å²) >= 11 is 0. The molecule has 0 aliphatic rings. The molecular formula is C15H27N3. The van der Waals surface area contributed by atoms with Gasteiger partial charge in [0.2, 0.25) is 0 Å². The van der Waals surface area contributed by atoms with E-state index in [2.05, 4.69) is 62.1 Å². The van der Waals surface area contributed by atoms with Crippen LogP contribution in [0.5, 0.6) is 0 Å². The molecule has 1 unspecified atom stereocenters. The lowest BCUT2D eigenvalue weighted by Gasteiger charge is -2.23. The van der Waals surface area contributed by atoms with E-state index in [1.54, 1.807) is 0 Å². The lowest BCUT2D eigenvalue weighted by molar-refractivity contribution is 0.269. The van der Waals surface area contributed by atoms with E-state index in [0.717, 1.165) is 26.1 Å². The van der Waals surface area contributed by atoms with Crippen LogP contribution in [-0.4, -0.2) is 50.6 Å². The molecule has 0 amide bonds. The summed E-state index contributed by atoms with van der Waals surface area (Å²) in [6, 6.07) is 8.76. The predicted octanol–water partition coefficient (Wildman–Crippen LogP) is 1.74. The lowest BCUT2D eigenvalue weighted by Crippen LogP contribution is -2.34. The molecule has 0 aliphatic heterocycles. The standard InChI is InChI=1S/C15H27N3/c1-5-13-6-8-14(9-7-13)15(16)12-18(4)11-10-17(2)3/h6-9,15H,5,10-12,16H2,1-4H3. The maximum Gasteiger partial charge on any atom is 0.0424 e. The molecule has 1 aromatic rings. The minimum absolute atomic E-state index is 0.100. The second kappa shape index (κ2) is 7.52. The molecule has 1 aromatic carbocycles. The molecule has 0 bridgehead atoms. The van der Waals surface area contributed by atoms with Crippen molar-refractivity contribution in [3.63, 3.8) is 0 Å². The van der Waals surface area contributed by atoms with Crippen molar-refractivity contribution < 1.29 is 0 Å². The van der Waals surface area contributed by atoms with Crippen LogP contribution < -0.4 is 5.73 Å². The minimum Gasteiger partial charge on any atom is -0.323 e. The first-order chi connectivity index (χ1) is 8.52. The number of nitrogens with two attached hydrogens (primary N) is 1. The number of rotatable bonds is 7. The second-order valence-corrected chi connectivity index (χ2v) is 5.27. The van der Waals surface area contributed by atoms with Crippen molar-refractivity contribution in [3.05, 3.63) is 35.4 Å². The Morgan fingerprint density at radius 2 is 1.67 bits per heavy atom. The first kappa shape index (κ1) is 15.2. The smallest absolute Gasteiger partial charge is 0.0424 e. The first-order valence-electron chi connectivity index (χ1n) is 6.70. The largest absolute Gasteiger partial charge is 0.323 e. The van der Waals surface area contributed by atoms with Gasteiger partial charge < -0.3 is 15.5 Å². The fraction of sp³-hybridized carbons (Fsp3) is 0.600. The zero-order valence-electron chi connectivity index (χ0n) is 12.2. The summed E-state index contributed by atoms with van der Waals surface area (Å²) in [6.07, 6.45) is 1.08. The van der Waals surface area contributed by atoms with E-state index in [1.807, 2.05) is 0 Å². The summed E-state index contributed by atoms with van der Waals surface area (Å²) in [4.78, 5) is 4.48. The summed E-state index contributed by atoms with van der Waals surface area (Å²) in [5, 5.41) is 0. The number of aryl methyl sites for hydroxylation is 1. The van der Waals surface area contributed by atoms with Crippen LogP contribution >= 0.6 is 0 Å². The van der Waals surface area contributed by atoms with Gasteiger partial charge in [0.1, 0.15) is 0 Å². The third kappa shape index (κ3) is 5.17. The molecule has 18 heavy (non-hydrogen) atoms. The molecule has 0 saturated heterocycles. The van der Waals surface area contributed by atoms with Gasteiger partial charge in [0.25, 0.3) is 0 Å². The van der Waals surface area contributed by atoms with E-state index >= 15 is 0 Å². The van der Waals surface area contributed by atoms with Gasteiger partial charge in [-0.2, -0.15) is 0 Å². The summed E-state index contributed by atoms with van der Waals surface area (Å²) < 4.78 is 0. The molecule has 3 heteroatoms. The Balaban J connectivity index is 2.45. The highest BCUT2D eigenvalue weighted by Crippen LogP contribution is 2.13. The molecule has 0 heterocycles. The van der Waals surface area contributed by atoms with Gasteiger partial charge in [-0.3, -0.25) is 0 Å². The van der Waals surface area contributed by atoms with Crippen LogP contribution in [0.25, 0.3) is 0 Å². The Hall–Kier alpha value is -0.900. The van der Waals surface area contributed by atoms with Gasteiger partial charge in [-0.1, -0.05) is 31.2 Å². The van der Waals surface area contributed by atoms with Crippen molar-refractivity contribution >= 4 is 0 Å². The Morgan fingerprint density at radius 1 is 1.06 bits per heavy atom. The predicted molar refractivity (Wildman–Crippen MR) is 78.8 cm³/mol. The quantitative estimate of drug-likeness (QED) is 0.799. The van der Waals surface area contributed by atoms with Gasteiger partial charge in [0.05, 0.1) is 0 Å².